The zero-order chi connectivity index (χ0) is 20.9. The number of pyridine rings is 1. The van der Waals surface area contributed by atoms with Crippen molar-refractivity contribution in [1.82, 2.24) is 13.9 Å². The Morgan fingerprint density at radius 1 is 1.30 bits per heavy atom. The van der Waals surface area contributed by atoms with E-state index in [4.69, 9.17) is 4.74 Å². The van der Waals surface area contributed by atoms with Gasteiger partial charge in [-0.1, -0.05) is 0 Å². The van der Waals surface area contributed by atoms with Gasteiger partial charge in [-0.3, -0.25) is 9.78 Å². The smallest absolute Gasteiger partial charge is 0.268 e. The Morgan fingerprint density at radius 2 is 2.17 bits per heavy atom. The first-order chi connectivity index (χ1) is 14.4. The van der Waals surface area contributed by atoms with E-state index in [1.165, 1.54) is 16.1 Å². The quantitative estimate of drug-likeness (QED) is 0.688. The highest BCUT2D eigenvalue weighted by molar-refractivity contribution is 7.90. The molecule has 5 rings (SSSR count). The van der Waals surface area contributed by atoms with E-state index in [9.17, 15) is 13.2 Å². The number of ether oxygens (including phenoxy) is 1. The zero-order valence-electron chi connectivity index (χ0n) is 16.5. The maximum absolute atomic E-state index is 13.5. The van der Waals surface area contributed by atoms with E-state index in [1.807, 2.05) is 0 Å². The van der Waals surface area contributed by atoms with Crippen molar-refractivity contribution in [1.29, 1.82) is 0 Å². The van der Waals surface area contributed by atoms with E-state index >= 15 is 0 Å². The summed E-state index contributed by atoms with van der Waals surface area (Å²) in [5.74, 6) is 0.146. The number of anilines is 1. The summed E-state index contributed by atoms with van der Waals surface area (Å²) in [6, 6.07) is 8.39. The summed E-state index contributed by atoms with van der Waals surface area (Å²) < 4.78 is 33.6. The Kier molecular flexibility index (Phi) is 4.52. The highest BCUT2D eigenvalue weighted by Crippen LogP contribution is 2.33. The van der Waals surface area contributed by atoms with E-state index in [0.29, 0.717) is 28.5 Å². The SMILES string of the molecule is CN1CCC[C@H]1Cc1cn(S(=O)(=O)c2ccc3c(c2)NC(=O)CO3)c2cccnc12. The predicted molar refractivity (Wildman–Crippen MR) is 112 cm³/mol. The Hall–Kier alpha value is -2.91. The number of amides is 1. The molecule has 0 radical (unpaired) electrons. The van der Waals surface area contributed by atoms with Crippen LogP contribution in [0.25, 0.3) is 11.0 Å². The maximum atomic E-state index is 13.5. The van der Waals surface area contributed by atoms with Crippen LogP contribution in [0, 0.1) is 0 Å². The minimum atomic E-state index is -3.89. The van der Waals surface area contributed by atoms with Gasteiger partial charge in [0.25, 0.3) is 15.9 Å². The number of likely N-dealkylation sites (tertiary alicyclic amines) is 1. The second-order valence-corrected chi connectivity index (χ2v) is 9.62. The molecule has 8 nitrogen and oxygen atoms in total. The number of aromatic nitrogens is 2. The molecule has 1 aromatic carbocycles. The zero-order valence-corrected chi connectivity index (χ0v) is 17.4. The Balaban J connectivity index is 1.59. The summed E-state index contributed by atoms with van der Waals surface area (Å²) in [5.41, 5.74) is 2.53. The van der Waals surface area contributed by atoms with Crippen molar-refractivity contribution < 1.29 is 17.9 Å². The van der Waals surface area contributed by atoms with Gasteiger partial charge in [0.2, 0.25) is 0 Å². The van der Waals surface area contributed by atoms with Gasteiger partial charge in [0, 0.05) is 18.4 Å². The number of carbonyl (C=O) groups excluding carboxylic acids is 1. The molecule has 0 bridgehead atoms. The molecule has 2 aliphatic heterocycles. The van der Waals surface area contributed by atoms with Crippen LogP contribution in [-0.2, 0) is 21.2 Å². The van der Waals surface area contributed by atoms with Crippen LogP contribution in [0.4, 0.5) is 5.69 Å². The van der Waals surface area contributed by atoms with E-state index < -0.39 is 10.0 Å². The Labute approximate surface area is 174 Å². The monoisotopic (exact) mass is 426 g/mol. The summed E-state index contributed by atoms with van der Waals surface area (Å²) in [6.07, 6.45) is 6.36. The highest BCUT2D eigenvalue weighted by Gasteiger charge is 2.27. The van der Waals surface area contributed by atoms with Crippen LogP contribution in [0.2, 0.25) is 0 Å². The van der Waals surface area contributed by atoms with Crippen LogP contribution in [0.1, 0.15) is 18.4 Å². The first-order valence-corrected chi connectivity index (χ1v) is 11.3. The normalized spacial score (nSPS) is 19.5. The fourth-order valence-electron chi connectivity index (χ4n) is 4.27. The van der Waals surface area contributed by atoms with Crippen LogP contribution < -0.4 is 10.1 Å². The third-order valence-electron chi connectivity index (χ3n) is 5.87. The van der Waals surface area contributed by atoms with E-state index in [1.54, 1.807) is 30.6 Å². The van der Waals surface area contributed by atoms with Crippen molar-refractivity contribution in [3.8, 4) is 5.75 Å². The third-order valence-corrected chi connectivity index (χ3v) is 7.54. The molecule has 1 atom stereocenters. The summed E-state index contributed by atoms with van der Waals surface area (Å²) in [7, 11) is -1.78. The van der Waals surface area contributed by atoms with Crippen molar-refractivity contribution in [2.45, 2.75) is 30.2 Å². The molecule has 2 aromatic heterocycles. The molecule has 2 aliphatic rings. The van der Waals surface area contributed by atoms with Gasteiger partial charge in [0.15, 0.2) is 6.61 Å². The van der Waals surface area contributed by atoms with Crippen LogP contribution in [0.5, 0.6) is 5.75 Å². The molecular weight excluding hydrogens is 404 g/mol. The van der Waals surface area contributed by atoms with Crippen molar-refractivity contribution in [3.05, 3.63) is 48.3 Å². The molecule has 0 aliphatic carbocycles. The van der Waals surface area contributed by atoms with E-state index in [2.05, 4.69) is 22.2 Å². The average Bonchev–Trinajstić information content (AvgIpc) is 3.32. The lowest BCUT2D eigenvalue weighted by Gasteiger charge is -2.19. The molecule has 156 valence electrons. The highest BCUT2D eigenvalue weighted by atomic mass is 32.2. The molecule has 9 heteroatoms. The minimum Gasteiger partial charge on any atom is -0.482 e. The van der Waals surface area contributed by atoms with Crippen molar-refractivity contribution in [2.24, 2.45) is 0 Å². The predicted octanol–water partition coefficient (Wildman–Crippen LogP) is 2.24. The average molecular weight is 426 g/mol. The Bertz CT molecular complexity index is 1250. The molecule has 4 heterocycles. The van der Waals surface area contributed by atoms with E-state index in [0.717, 1.165) is 31.4 Å². The van der Waals surface area contributed by atoms with Gasteiger partial charge in [-0.25, -0.2) is 12.4 Å². The molecule has 1 N–H and O–H groups in total. The second kappa shape index (κ2) is 7.10. The molecule has 0 saturated carbocycles. The fourth-order valence-corrected chi connectivity index (χ4v) is 5.68. The first kappa shape index (κ1) is 19.1. The summed E-state index contributed by atoms with van der Waals surface area (Å²) in [4.78, 5) is 18.5. The number of nitrogens with one attached hydrogen (secondary N) is 1. The number of benzene rings is 1. The fraction of sp³-hybridized carbons (Fsp3) is 0.333. The van der Waals surface area contributed by atoms with Crippen LogP contribution in [0.15, 0.2) is 47.6 Å². The number of fused-ring (bicyclic) bond motifs is 2. The van der Waals surface area contributed by atoms with Gasteiger partial charge in [0.05, 0.1) is 21.6 Å². The lowest BCUT2D eigenvalue weighted by molar-refractivity contribution is -0.118. The van der Waals surface area contributed by atoms with Crippen LogP contribution >= 0.6 is 0 Å². The number of rotatable bonds is 4. The van der Waals surface area contributed by atoms with Crippen LogP contribution in [-0.4, -0.2) is 54.4 Å². The molecule has 0 spiro atoms. The summed E-state index contributed by atoms with van der Waals surface area (Å²) in [5, 5.41) is 2.66. The lowest BCUT2D eigenvalue weighted by atomic mass is 10.1. The standard InChI is InChI=1S/C21H22N4O4S/c1-24-9-3-4-15(24)10-14-12-25(18-5-2-8-22-21(14)18)30(27,28)16-6-7-19-17(11-16)23-20(26)13-29-19/h2,5-8,11-12,15H,3-4,9-10,13H2,1H3,(H,23,26)/t15-/m0/s1. The van der Waals surface area contributed by atoms with Gasteiger partial charge in [-0.15, -0.1) is 0 Å². The Morgan fingerprint density at radius 3 is 2.97 bits per heavy atom. The first-order valence-electron chi connectivity index (χ1n) is 9.91. The van der Waals surface area contributed by atoms with Crippen molar-refractivity contribution >= 4 is 32.7 Å². The van der Waals surface area contributed by atoms with Crippen molar-refractivity contribution in [3.63, 3.8) is 0 Å². The number of nitrogens with zero attached hydrogens (tertiary/aromatic N) is 3. The minimum absolute atomic E-state index is 0.0774. The molecule has 1 amide bonds. The molecule has 3 aromatic rings. The van der Waals surface area contributed by atoms with Gasteiger partial charge >= 0.3 is 0 Å². The number of hydrogen-bond donors (Lipinski definition) is 1. The van der Waals surface area contributed by atoms with Crippen molar-refractivity contribution in [2.75, 3.05) is 25.5 Å². The van der Waals surface area contributed by atoms with Gasteiger partial charge < -0.3 is 15.0 Å². The summed E-state index contributed by atoms with van der Waals surface area (Å²) >= 11 is 0. The van der Waals surface area contributed by atoms with Gasteiger partial charge in [0.1, 0.15) is 5.75 Å². The number of likely N-dealkylation sites (N-methyl/N-ethyl adjacent to an activating group) is 1. The van der Waals surface area contributed by atoms with Crippen LogP contribution in [0.3, 0.4) is 0 Å². The topological polar surface area (TPSA) is 93.5 Å². The summed E-state index contributed by atoms with van der Waals surface area (Å²) in [6.45, 7) is 0.976. The maximum Gasteiger partial charge on any atom is 0.268 e. The number of carbonyl (C=O) groups is 1. The molecule has 1 saturated heterocycles. The molecule has 30 heavy (non-hydrogen) atoms. The van der Waals surface area contributed by atoms with Gasteiger partial charge in [-0.05, 0) is 68.8 Å². The number of hydrogen-bond acceptors (Lipinski definition) is 6. The lowest BCUT2D eigenvalue weighted by Crippen LogP contribution is -2.26. The third kappa shape index (κ3) is 3.14. The molecule has 1 fully saturated rings. The van der Waals surface area contributed by atoms with E-state index in [-0.39, 0.29) is 17.4 Å². The van der Waals surface area contributed by atoms with Gasteiger partial charge in [-0.2, -0.15) is 0 Å². The second-order valence-electron chi connectivity index (χ2n) is 7.80. The molecule has 0 unspecified atom stereocenters. The molecular formula is C21H22N4O4S. The largest absolute Gasteiger partial charge is 0.482 e.